The molecule has 1 unspecified atom stereocenters. The average Bonchev–Trinajstić information content (AvgIpc) is 3.80. The van der Waals surface area contributed by atoms with Gasteiger partial charge < -0.3 is 24.8 Å². The number of nitrogens with zero attached hydrogens (tertiary/aromatic N) is 1. The van der Waals surface area contributed by atoms with Gasteiger partial charge in [-0.15, -0.1) is 0 Å². The van der Waals surface area contributed by atoms with Crippen molar-refractivity contribution in [2.24, 2.45) is 5.73 Å². The second-order valence-electron chi connectivity index (χ2n) is 11.1. The first-order valence-corrected chi connectivity index (χ1v) is 15.4. The molecule has 226 valence electrons. The molecule has 9 heteroatoms. The third kappa shape index (κ3) is 9.01. The molecule has 1 fully saturated rings. The van der Waals surface area contributed by atoms with E-state index in [2.05, 4.69) is 6.07 Å². The van der Waals surface area contributed by atoms with E-state index in [-0.39, 0.29) is 11.9 Å². The monoisotopic (exact) mass is 632 g/mol. The van der Waals surface area contributed by atoms with Crippen molar-refractivity contribution in [3.05, 3.63) is 91.9 Å². The van der Waals surface area contributed by atoms with Crippen LogP contribution in [0.1, 0.15) is 48.4 Å². The van der Waals surface area contributed by atoms with Gasteiger partial charge in [-0.2, -0.15) is 0 Å². The summed E-state index contributed by atoms with van der Waals surface area (Å²) in [4.78, 5) is 15.6. The number of benzene rings is 3. The van der Waals surface area contributed by atoms with Crippen LogP contribution in [0.5, 0.6) is 11.5 Å². The van der Waals surface area contributed by atoms with E-state index in [0.717, 1.165) is 47.3 Å². The Balaban J connectivity index is 1.28. The fraction of sp³-hybridized carbons (Fsp3) is 0.424. The lowest BCUT2D eigenvalue weighted by Gasteiger charge is -2.32. The van der Waals surface area contributed by atoms with Crippen LogP contribution in [0.3, 0.4) is 0 Å². The number of hydrogen-bond donors (Lipinski definition) is 1. The predicted octanol–water partition coefficient (Wildman–Crippen LogP) is 7.44. The van der Waals surface area contributed by atoms with Crippen LogP contribution in [0.4, 0.5) is 0 Å². The van der Waals surface area contributed by atoms with Crippen molar-refractivity contribution in [3.8, 4) is 11.5 Å². The average molecular weight is 634 g/mol. The lowest BCUT2D eigenvalue weighted by Crippen LogP contribution is -2.54. The summed E-state index contributed by atoms with van der Waals surface area (Å²) in [7, 11) is 1.69. The second-order valence-corrected chi connectivity index (χ2v) is 12.4. The fourth-order valence-corrected chi connectivity index (χ4v) is 5.66. The lowest BCUT2D eigenvalue weighted by molar-refractivity contribution is -0.138. The maximum absolute atomic E-state index is 13.7. The van der Waals surface area contributed by atoms with Crippen LogP contribution in [0.15, 0.2) is 54.6 Å². The number of hydrogen-bond acceptors (Lipinski definition) is 5. The largest absolute Gasteiger partial charge is 0.490 e. The third-order valence-electron chi connectivity index (χ3n) is 7.38. The van der Waals surface area contributed by atoms with Crippen molar-refractivity contribution >= 4 is 40.7 Å². The number of carbonyl (C=O) groups excluding carboxylic acids is 1. The van der Waals surface area contributed by atoms with E-state index in [0.29, 0.717) is 60.0 Å². The molecule has 0 saturated heterocycles. The molecule has 1 amide bonds. The minimum atomic E-state index is -1.01. The highest BCUT2D eigenvalue weighted by Gasteiger charge is 2.40. The molecular weight excluding hydrogens is 595 g/mol. The highest BCUT2D eigenvalue weighted by Crippen LogP contribution is 2.34. The number of halogens is 3. The van der Waals surface area contributed by atoms with Crippen molar-refractivity contribution in [3.63, 3.8) is 0 Å². The summed E-state index contributed by atoms with van der Waals surface area (Å²) in [5.41, 5.74) is 9.76. The zero-order valence-corrected chi connectivity index (χ0v) is 26.7. The summed E-state index contributed by atoms with van der Waals surface area (Å²) in [6.45, 7) is 5.47. The van der Waals surface area contributed by atoms with E-state index < -0.39 is 5.54 Å². The van der Waals surface area contributed by atoms with Gasteiger partial charge >= 0.3 is 0 Å². The van der Waals surface area contributed by atoms with Gasteiger partial charge in [-0.3, -0.25) is 4.79 Å². The van der Waals surface area contributed by atoms with Gasteiger partial charge in [0.1, 0.15) is 19.0 Å². The molecule has 0 radical (unpaired) electrons. The first-order chi connectivity index (χ1) is 20.1. The van der Waals surface area contributed by atoms with E-state index >= 15 is 0 Å². The second kappa shape index (κ2) is 14.8. The van der Waals surface area contributed by atoms with Crippen molar-refractivity contribution in [2.75, 3.05) is 26.9 Å². The summed E-state index contributed by atoms with van der Waals surface area (Å²) < 4.78 is 16.7. The van der Waals surface area contributed by atoms with Gasteiger partial charge in [0.25, 0.3) is 0 Å². The van der Waals surface area contributed by atoms with Gasteiger partial charge in [0.2, 0.25) is 5.91 Å². The zero-order chi connectivity index (χ0) is 30.3. The summed E-state index contributed by atoms with van der Waals surface area (Å²) in [6.07, 6.45) is 3.95. The molecule has 4 rings (SSSR count). The SMILES string of the molecule is COCCc1ccc(Cl)c(CN(C(=O)C(C)(N)CCc2ccc(OCCOc3c(Cl)cc(C)cc3Cl)cc2)C2CC2)c1. The Hall–Kier alpha value is -2.48. The quantitative estimate of drug-likeness (QED) is 0.176. The number of amides is 1. The minimum Gasteiger partial charge on any atom is -0.490 e. The number of nitrogens with two attached hydrogens (primary N) is 1. The van der Waals surface area contributed by atoms with E-state index in [9.17, 15) is 4.79 Å². The molecule has 3 aromatic carbocycles. The maximum Gasteiger partial charge on any atom is 0.242 e. The third-order valence-corrected chi connectivity index (χ3v) is 8.31. The zero-order valence-electron chi connectivity index (χ0n) is 24.4. The van der Waals surface area contributed by atoms with Gasteiger partial charge in [-0.25, -0.2) is 0 Å². The molecule has 1 aliphatic carbocycles. The van der Waals surface area contributed by atoms with E-state index in [4.69, 9.17) is 54.7 Å². The van der Waals surface area contributed by atoms with Crippen LogP contribution in [-0.4, -0.2) is 49.3 Å². The predicted molar refractivity (Wildman–Crippen MR) is 170 cm³/mol. The number of rotatable bonds is 15. The van der Waals surface area contributed by atoms with Gasteiger partial charge in [-0.05, 0) is 98.5 Å². The topological polar surface area (TPSA) is 74.0 Å². The van der Waals surface area contributed by atoms with Crippen LogP contribution in [0.2, 0.25) is 15.1 Å². The molecule has 6 nitrogen and oxygen atoms in total. The Morgan fingerprint density at radius 1 is 0.905 bits per heavy atom. The van der Waals surface area contributed by atoms with Gasteiger partial charge in [0, 0.05) is 24.7 Å². The Kier molecular flexibility index (Phi) is 11.4. The highest BCUT2D eigenvalue weighted by atomic mass is 35.5. The Bertz CT molecular complexity index is 1340. The molecule has 42 heavy (non-hydrogen) atoms. The molecule has 1 saturated carbocycles. The number of carbonyl (C=O) groups is 1. The molecule has 0 aromatic heterocycles. The van der Waals surface area contributed by atoms with Crippen LogP contribution in [0, 0.1) is 6.92 Å². The minimum absolute atomic E-state index is 0.0444. The van der Waals surface area contributed by atoms with E-state index in [1.807, 2.05) is 67.3 Å². The highest BCUT2D eigenvalue weighted by molar-refractivity contribution is 6.37. The lowest BCUT2D eigenvalue weighted by atomic mass is 9.92. The molecule has 1 atom stereocenters. The number of methoxy groups -OCH3 is 1. The molecule has 0 bridgehead atoms. The van der Waals surface area contributed by atoms with Crippen molar-refractivity contribution < 1.29 is 19.0 Å². The van der Waals surface area contributed by atoms with Crippen molar-refractivity contribution in [1.29, 1.82) is 0 Å². The smallest absolute Gasteiger partial charge is 0.242 e. The number of ether oxygens (including phenoxy) is 3. The standard InChI is InChI=1S/C33H39Cl3N2O4/c1-22-18-29(35)31(30(36)19-22)42-17-16-41-27-9-4-23(5-10-27)12-14-33(2,37)32(39)38(26-7-8-26)21-25-20-24(13-15-40-3)6-11-28(25)34/h4-6,9-11,18-20,26H,7-8,12-17,21,37H2,1-3H3. The summed E-state index contributed by atoms with van der Waals surface area (Å²) in [5, 5.41) is 1.61. The Morgan fingerprint density at radius 2 is 1.55 bits per heavy atom. The van der Waals surface area contributed by atoms with Gasteiger partial charge in [0.15, 0.2) is 5.75 Å². The summed E-state index contributed by atoms with van der Waals surface area (Å²) >= 11 is 19.0. The summed E-state index contributed by atoms with van der Waals surface area (Å²) in [5.74, 6) is 1.14. The van der Waals surface area contributed by atoms with Crippen LogP contribution < -0.4 is 15.2 Å². The Morgan fingerprint density at radius 3 is 2.19 bits per heavy atom. The molecule has 0 spiro atoms. The Labute approximate surface area is 264 Å². The first-order valence-electron chi connectivity index (χ1n) is 14.2. The maximum atomic E-state index is 13.7. The normalized spacial score (nSPS) is 14.4. The van der Waals surface area contributed by atoms with Crippen LogP contribution in [-0.2, 0) is 28.9 Å². The molecule has 3 aromatic rings. The molecule has 1 aliphatic rings. The van der Waals surface area contributed by atoms with E-state index in [1.54, 1.807) is 7.11 Å². The van der Waals surface area contributed by atoms with Crippen molar-refractivity contribution in [1.82, 2.24) is 4.90 Å². The van der Waals surface area contributed by atoms with Crippen LogP contribution >= 0.6 is 34.8 Å². The van der Waals surface area contributed by atoms with Gasteiger partial charge in [-0.1, -0.05) is 59.1 Å². The fourth-order valence-electron chi connectivity index (χ4n) is 4.78. The van der Waals surface area contributed by atoms with Crippen LogP contribution in [0.25, 0.3) is 0 Å². The van der Waals surface area contributed by atoms with Gasteiger partial charge in [0.05, 0.1) is 22.2 Å². The molecule has 0 heterocycles. The molecule has 0 aliphatic heterocycles. The van der Waals surface area contributed by atoms with Crippen molar-refractivity contribution in [2.45, 2.75) is 64.1 Å². The molecule has 2 N–H and O–H groups in total. The first kappa shape index (κ1) is 32.4. The van der Waals surface area contributed by atoms with E-state index in [1.165, 1.54) is 0 Å². The summed E-state index contributed by atoms with van der Waals surface area (Å²) in [6, 6.07) is 17.6. The molecular formula is C33H39Cl3N2O4. The number of aryl methyl sites for hydroxylation is 2.